The lowest BCUT2D eigenvalue weighted by molar-refractivity contribution is 1.18. The summed E-state index contributed by atoms with van der Waals surface area (Å²) in [6.45, 7) is 4.26. The smallest absolute Gasteiger partial charge is 0.0998 e. The van der Waals surface area contributed by atoms with Crippen LogP contribution in [-0.4, -0.2) is 9.55 Å². The molecule has 2 heterocycles. The second kappa shape index (κ2) is 9.93. The van der Waals surface area contributed by atoms with Crippen molar-refractivity contribution in [3.8, 4) is 45.1 Å². The van der Waals surface area contributed by atoms with Crippen molar-refractivity contribution in [3.63, 3.8) is 0 Å². The molecular formula is C38H27N3. The van der Waals surface area contributed by atoms with Crippen molar-refractivity contribution in [2.45, 2.75) is 13.8 Å². The summed E-state index contributed by atoms with van der Waals surface area (Å²) in [5.74, 6) is 0. The van der Waals surface area contributed by atoms with Gasteiger partial charge in [-0.2, -0.15) is 5.26 Å². The number of rotatable bonds is 4. The van der Waals surface area contributed by atoms with Crippen molar-refractivity contribution in [3.05, 3.63) is 144 Å². The molecule has 3 heteroatoms. The third-order valence-corrected chi connectivity index (χ3v) is 7.84. The van der Waals surface area contributed by atoms with Gasteiger partial charge in [0.1, 0.15) is 0 Å². The van der Waals surface area contributed by atoms with Crippen LogP contribution in [0.15, 0.2) is 128 Å². The maximum Gasteiger partial charge on any atom is 0.0998 e. The number of fused-ring (bicyclic) bond motifs is 3. The second-order valence-electron chi connectivity index (χ2n) is 10.6. The quantitative estimate of drug-likeness (QED) is 0.229. The SMILES string of the molecule is Cc1cccc(-c2ccc3c(c2)c2cc(-c4cccc(C)c4)ccc2n3-c2ccc(C#N)c(-c3ccncc3)c2)c1. The Morgan fingerprint density at radius 1 is 0.561 bits per heavy atom. The van der Waals surface area contributed by atoms with E-state index in [9.17, 15) is 5.26 Å². The molecule has 0 atom stereocenters. The first kappa shape index (κ1) is 24.6. The number of aryl methyl sites for hydroxylation is 2. The van der Waals surface area contributed by atoms with E-state index in [0.717, 1.165) is 27.8 Å². The first-order valence-electron chi connectivity index (χ1n) is 13.8. The fourth-order valence-corrected chi connectivity index (χ4v) is 5.85. The van der Waals surface area contributed by atoms with E-state index < -0.39 is 0 Å². The number of nitriles is 1. The first-order valence-corrected chi connectivity index (χ1v) is 13.8. The summed E-state index contributed by atoms with van der Waals surface area (Å²) < 4.78 is 2.32. The molecule has 194 valence electrons. The van der Waals surface area contributed by atoms with Gasteiger partial charge >= 0.3 is 0 Å². The van der Waals surface area contributed by atoms with Crippen LogP contribution in [0.2, 0.25) is 0 Å². The molecule has 7 aromatic rings. The highest BCUT2D eigenvalue weighted by Crippen LogP contribution is 2.38. The molecule has 0 fully saturated rings. The molecule has 0 saturated heterocycles. The van der Waals surface area contributed by atoms with Crippen LogP contribution >= 0.6 is 0 Å². The maximum absolute atomic E-state index is 9.89. The van der Waals surface area contributed by atoms with Crippen LogP contribution in [0.1, 0.15) is 16.7 Å². The van der Waals surface area contributed by atoms with Gasteiger partial charge in [-0.1, -0.05) is 71.8 Å². The van der Waals surface area contributed by atoms with Crippen molar-refractivity contribution in [2.75, 3.05) is 0 Å². The Hall–Kier alpha value is -5.46. The molecule has 0 aliphatic carbocycles. The molecule has 0 amide bonds. The zero-order chi connectivity index (χ0) is 27.9. The maximum atomic E-state index is 9.89. The summed E-state index contributed by atoms with van der Waals surface area (Å²) in [4.78, 5) is 4.17. The Morgan fingerprint density at radius 2 is 1.12 bits per heavy atom. The zero-order valence-electron chi connectivity index (χ0n) is 23.0. The van der Waals surface area contributed by atoms with Gasteiger partial charge in [-0.05, 0) is 96.3 Å². The van der Waals surface area contributed by atoms with Crippen LogP contribution in [0.25, 0.3) is 60.9 Å². The van der Waals surface area contributed by atoms with Gasteiger partial charge in [-0.15, -0.1) is 0 Å². The number of aromatic nitrogens is 2. The number of benzene rings is 5. The van der Waals surface area contributed by atoms with Crippen LogP contribution in [0.5, 0.6) is 0 Å². The fourth-order valence-electron chi connectivity index (χ4n) is 5.85. The van der Waals surface area contributed by atoms with E-state index in [1.165, 1.54) is 44.2 Å². The van der Waals surface area contributed by atoms with Crippen LogP contribution in [0.3, 0.4) is 0 Å². The average molecular weight is 526 g/mol. The Balaban J connectivity index is 1.51. The zero-order valence-corrected chi connectivity index (χ0v) is 23.0. The van der Waals surface area contributed by atoms with E-state index in [-0.39, 0.29) is 0 Å². The van der Waals surface area contributed by atoms with Gasteiger partial charge in [0.25, 0.3) is 0 Å². The Labute approximate surface area is 239 Å². The van der Waals surface area contributed by atoms with Crippen LogP contribution < -0.4 is 0 Å². The highest BCUT2D eigenvalue weighted by Gasteiger charge is 2.16. The van der Waals surface area contributed by atoms with Gasteiger partial charge in [0.2, 0.25) is 0 Å². The predicted molar refractivity (Wildman–Crippen MR) is 169 cm³/mol. The molecular weight excluding hydrogens is 498 g/mol. The largest absolute Gasteiger partial charge is 0.309 e. The standard InChI is InChI=1S/C38H27N3/c1-25-5-3-7-28(19-25)30-10-13-37-35(21-30)36-22-31(29-8-4-6-26(2)20-29)11-14-38(36)41(37)33-12-9-32(24-39)34(23-33)27-15-17-40-18-16-27/h3-23H,1-2H3. The normalized spacial score (nSPS) is 11.1. The second-order valence-corrected chi connectivity index (χ2v) is 10.6. The molecule has 0 aliphatic heterocycles. The lowest BCUT2D eigenvalue weighted by Gasteiger charge is -2.12. The van der Waals surface area contributed by atoms with E-state index in [1.807, 2.05) is 24.3 Å². The molecule has 7 rings (SSSR count). The van der Waals surface area contributed by atoms with Crippen molar-refractivity contribution in [1.82, 2.24) is 9.55 Å². The van der Waals surface area contributed by atoms with Crippen LogP contribution in [-0.2, 0) is 0 Å². The van der Waals surface area contributed by atoms with Gasteiger partial charge in [0.15, 0.2) is 0 Å². The van der Waals surface area contributed by atoms with Crippen molar-refractivity contribution in [2.24, 2.45) is 0 Å². The molecule has 2 aromatic heterocycles. The molecule has 41 heavy (non-hydrogen) atoms. The number of pyridine rings is 1. The van der Waals surface area contributed by atoms with Gasteiger partial charge in [-0.25, -0.2) is 0 Å². The van der Waals surface area contributed by atoms with E-state index in [0.29, 0.717) is 5.56 Å². The van der Waals surface area contributed by atoms with Crippen molar-refractivity contribution >= 4 is 21.8 Å². The third kappa shape index (κ3) is 4.36. The number of hydrogen-bond acceptors (Lipinski definition) is 2. The summed E-state index contributed by atoms with van der Waals surface area (Å²) in [5, 5.41) is 12.3. The highest BCUT2D eigenvalue weighted by atomic mass is 15.0. The molecule has 5 aromatic carbocycles. The molecule has 0 unspecified atom stereocenters. The van der Waals surface area contributed by atoms with Crippen LogP contribution in [0, 0.1) is 25.2 Å². The fraction of sp³-hybridized carbons (Fsp3) is 0.0526. The summed E-state index contributed by atoms with van der Waals surface area (Å²) in [7, 11) is 0. The lowest BCUT2D eigenvalue weighted by Crippen LogP contribution is -1.96. The number of nitrogens with zero attached hydrogens (tertiary/aromatic N) is 3. The molecule has 0 spiro atoms. The lowest BCUT2D eigenvalue weighted by atomic mass is 9.99. The monoisotopic (exact) mass is 525 g/mol. The van der Waals surface area contributed by atoms with Gasteiger partial charge in [0, 0.05) is 34.4 Å². The minimum Gasteiger partial charge on any atom is -0.309 e. The Kier molecular flexibility index (Phi) is 5.95. The molecule has 0 saturated carbocycles. The topological polar surface area (TPSA) is 41.6 Å². The van der Waals surface area contributed by atoms with Crippen LogP contribution in [0.4, 0.5) is 0 Å². The number of hydrogen-bond donors (Lipinski definition) is 0. The minimum absolute atomic E-state index is 0.643. The van der Waals surface area contributed by atoms with Gasteiger partial charge < -0.3 is 4.57 Å². The van der Waals surface area contributed by atoms with Gasteiger partial charge in [0.05, 0.1) is 22.7 Å². The highest BCUT2D eigenvalue weighted by molar-refractivity contribution is 6.11. The predicted octanol–water partition coefficient (Wildman–Crippen LogP) is 9.67. The summed E-state index contributed by atoms with van der Waals surface area (Å²) in [6.07, 6.45) is 3.53. The molecule has 0 radical (unpaired) electrons. The summed E-state index contributed by atoms with van der Waals surface area (Å²) in [6, 6.07) is 43.2. The minimum atomic E-state index is 0.643. The molecule has 3 nitrogen and oxygen atoms in total. The molecule has 0 aliphatic rings. The van der Waals surface area contributed by atoms with E-state index in [1.54, 1.807) is 12.4 Å². The first-order chi connectivity index (χ1) is 20.1. The third-order valence-electron chi connectivity index (χ3n) is 7.84. The molecule has 0 bridgehead atoms. The van der Waals surface area contributed by atoms with Crippen molar-refractivity contribution < 1.29 is 0 Å². The van der Waals surface area contributed by atoms with Crippen molar-refractivity contribution in [1.29, 1.82) is 5.26 Å². The van der Waals surface area contributed by atoms with E-state index in [4.69, 9.17) is 0 Å². The summed E-state index contributed by atoms with van der Waals surface area (Å²) in [5.41, 5.74) is 13.1. The van der Waals surface area contributed by atoms with Gasteiger partial charge in [-0.3, -0.25) is 4.98 Å². The van der Waals surface area contributed by atoms with E-state index in [2.05, 4.69) is 120 Å². The Bertz CT molecular complexity index is 2030. The average Bonchev–Trinajstić information content (AvgIpc) is 3.34. The van der Waals surface area contributed by atoms with E-state index >= 15 is 0 Å². The Morgan fingerprint density at radius 3 is 1.66 bits per heavy atom. The summed E-state index contributed by atoms with van der Waals surface area (Å²) >= 11 is 0. The molecule has 0 N–H and O–H groups in total.